The van der Waals surface area contributed by atoms with Gasteiger partial charge in [0, 0.05) is 36.8 Å². The molecule has 0 saturated carbocycles. The summed E-state index contributed by atoms with van der Waals surface area (Å²) in [6, 6.07) is 0. The van der Waals surface area contributed by atoms with Crippen LogP contribution in [0.15, 0.2) is 10.6 Å². The van der Waals surface area contributed by atoms with Gasteiger partial charge < -0.3 is 14.4 Å². The summed E-state index contributed by atoms with van der Waals surface area (Å²) in [6.45, 7) is 3.28. The van der Waals surface area contributed by atoms with Crippen LogP contribution in [0.25, 0.3) is 11.3 Å². The molecule has 1 aliphatic heterocycles. The first-order valence-corrected chi connectivity index (χ1v) is 8.24. The fourth-order valence-corrected chi connectivity index (χ4v) is 3.65. The van der Waals surface area contributed by atoms with Gasteiger partial charge in [-0.1, -0.05) is 0 Å². The van der Waals surface area contributed by atoms with Gasteiger partial charge in [0.15, 0.2) is 5.76 Å². The summed E-state index contributed by atoms with van der Waals surface area (Å²) in [4.78, 5) is 25.4. The molecule has 0 bridgehead atoms. The molecule has 0 aromatic carbocycles. The van der Waals surface area contributed by atoms with E-state index in [2.05, 4.69) is 5.10 Å². The Hall–Kier alpha value is -2.57. The molecule has 4 rings (SSSR count). The molecule has 2 aromatic heterocycles. The van der Waals surface area contributed by atoms with Crippen molar-refractivity contribution < 1.29 is 19.1 Å². The van der Waals surface area contributed by atoms with E-state index in [-0.39, 0.29) is 12.5 Å². The van der Waals surface area contributed by atoms with Crippen LogP contribution in [0.3, 0.4) is 0 Å². The molecule has 3 heterocycles. The molecule has 126 valence electrons. The summed E-state index contributed by atoms with van der Waals surface area (Å²) < 4.78 is 7.34. The van der Waals surface area contributed by atoms with Crippen molar-refractivity contribution in [3.63, 3.8) is 0 Å². The Morgan fingerprint density at radius 1 is 1.29 bits per heavy atom. The van der Waals surface area contributed by atoms with Gasteiger partial charge in [-0.3, -0.25) is 14.3 Å². The minimum Gasteiger partial charge on any atom is -0.480 e. The van der Waals surface area contributed by atoms with E-state index in [0.717, 1.165) is 60.5 Å². The number of carbonyl (C=O) groups excluding carboxylic acids is 1. The molecular weight excluding hydrogens is 310 g/mol. The molecule has 7 heteroatoms. The van der Waals surface area contributed by atoms with E-state index >= 15 is 0 Å². The number of aromatic nitrogens is 2. The fourth-order valence-electron chi connectivity index (χ4n) is 3.65. The molecule has 0 unspecified atom stereocenters. The van der Waals surface area contributed by atoms with Crippen LogP contribution >= 0.6 is 0 Å². The predicted molar refractivity (Wildman–Crippen MR) is 84.8 cm³/mol. The van der Waals surface area contributed by atoms with Crippen LogP contribution in [-0.4, -0.2) is 44.8 Å². The number of likely N-dealkylation sites (tertiary alicyclic amines) is 1. The van der Waals surface area contributed by atoms with Crippen molar-refractivity contribution in [3.8, 4) is 11.3 Å². The van der Waals surface area contributed by atoms with Crippen molar-refractivity contribution in [2.45, 2.75) is 39.2 Å². The van der Waals surface area contributed by atoms with Gasteiger partial charge in [-0.15, -0.1) is 0 Å². The van der Waals surface area contributed by atoms with Crippen molar-refractivity contribution >= 4 is 11.9 Å². The number of nitrogens with zero attached hydrogens (tertiary/aromatic N) is 3. The van der Waals surface area contributed by atoms with Crippen LogP contribution in [0, 0.1) is 6.92 Å². The minimum absolute atomic E-state index is 0.0501. The average Bonchev–Trinajstić information content (AvgIpc) is 3.23. The maximum atomic E-state index is 12.7. The first kappa shape index (κ1) is 15.0. The first-order valence-electron chi connectivity index (χ1n) is 8.24. The number of aryl methyl sites for hydroxylation is 2. The number of hydrogen-bond donors (Lipinski definition) is 1. The molecule has 1 N–H and O–H groups in total. The maximum absolute atomic E-state index is 12.7. The third-order valence-corrected chi connectivity index (χ3v) is 4.80. The van der Waals surface area contributed by atoms with Crippen molar-refractivity contribution in [1.82, 2.24) is 14.7 Å². The number of hydrogen-bond acceptors (Lipinski definition) is 4. The van der Waals surface area contributed by atoms with Crippen molar-refractivity contribution in [1.29, 1.82) is 0 Å². The van der Waals surface area contributed by atoms with Crippen LogP contribution in [-0.2, 0) is 24.2 Å². The second-order valence-corrected chi connectivity index (χ2v) is 6.45. The number of carboxylic acid groups (broad SMARTS) is 1. The van der Waals surface area contributed by atoms with Gasteiger partial charge in [0.1, 0.15) is 12.3 Å². The molecule has 0 radical (unpaired) electrons. The number of aliphatic carboxylic acids is 1. The van der Waals surface area contributed by atoms with E-state index in [4.69, 9.17) is 9.52 Å². The molecular formula is C17H19N3O4. The van der Waals surface area contributed by atoms with Crippen molar-refractivity contribution in [2.24, 2.45) is 0 Å². The van der Waals surface area contributed by atoms with Gasteiger partial charge in [0.2, 0.25) is 0 Å². The van der Waals surface area contributed by atoms with E-state index in [1.807, 2.05) is 11.8 Å². The largest absolute Gasteiger partial charge is 0.480 e. The predicted octanol–water partition coefficient (Wildman–Crippen LogP) is 1.87. The summed E-state index contributed by atoms with van der Waals surface area (Å²) in [5.74, 6) is 0.209. The van der Waals surface area contributed by atoms with Gasteiger partial charge in [-0.05, 0) is 31.7 Å². The lowest BCUT2D eigenvalue weighted by Gasteiger charge is -2.13. The van der Waals surface area contributed by atoms with E-state index in [1.54, 1.807) is 6.20 Å². The van der Waals surface area contributed by atoms with E-state index in [0.29, 0.717) is 12.2 Å². The number of amides is 1. The molecule has 1 fully saturated rings. The fraction of sp³-hybridized carbons (Fsp3) is 0.471. The van der Waals surface area contributed by atoms with Gasteiger partial charge in [0.25, 0.3) is 5.91 Å². The molecule has 1 amide bonds. The number of carboxylic acids is 1. The van der Waals surface area contributed by atoms with Crippen LogP contribution in [0.1, 0.15) is 40.3 Å². The normalized spacial score (nSPS) is 16.1. The van der Waals surface area contributed by atoms with E-state index < -0.39 is 5.97 Å². The Kier molecular flexibility index (Phi) is 3.44. The summed E-state index contributed by atoms with van der Waals surface area (Å²) in [6.07, 6.45) is 5.30. The van der Waals surface area contributed by atoms with Crippen LogP contribution in [0.5, 0.6) is 0 Å². The second kappa shape index (κ2) is 5.51. The Morgan fingerprint density at radius 2 is 2.04 bits per heavy atom. The zero-order valence-corrected chi connectivity index (χ0v) is 13.5. The summed E-state index contributed by atoms with van der Waals surface area (Å²) in [5.41, 5.74) is 3.43. The summed E-state index contributed by atoms with van der Waals surface area (Å²) >= 11 is 0. The molecule has 2 aliphatic rings. The zero-order chi connectivity index (χ0) is 16.8. The molecule has 0 spiro atoms. The number of furan rings is 1. The number of fused-ring (bicyclic) bond motifs is 3. The second-order valence-electron chi connectivity index (χ2n) is 6.45. The molecule has 2 aromatic rings. The lowest BCUT2D eigenvalue weighted by molar-refractivity contribution is -0.137. The van der Waals surface area contributed by atoms with Crippen molar-refractivity contribution in [2.75, 3.05) is 13.1 Å². The standard InChI is InChI=1S/C17H19N3O4/c1-10-14-12(24-16(10)17(23)19-6-2-3-7-19)5-4-11-8-20(9-13(21)22)18-15(11)14/h8H,2-7,9H2,1H3,(H,21,22). The third kappa shape index (κ3) is 2.31. The highest BCUT2D eigenvalue weighted by Gasteiger charge is 2.32. The Labute approximate surface area is 138 Å². The first-order chi connectivity index (χ1) is 11.5. The molecule has 24 heavy (non-hydrogen) atoms. The minimum atomic E-state index is -0.927. The van der Waals surface area contributed by atoms with Gasteiger partial charge in [0.05, 0.1) is 5.69 Å². The van der Waals surface area contributed by atoms with Crippen molar-refractivity contribution in [3.05, 3.63) is 28.8 Å². The van der Waals surface area contributed by atoms with Gasteiger partial charge >= 0.3 is 5.97 Å². The Bertz CT molecular complexity index is 827. The van der Waals surface area contributed by atoms with Crippen LogP contribution < -0.4 is 0 Å². The highest BCUT2D eigenvalue weighted by atomic mass is 16.4. The summed E-state index contributed by atoms with van der Waals surface area (Å²) in [7, 11) is 0. The number of rotatable bonds is 3. The smallest absolute Gasteiger partial charge is 0.325 e. The monoisotopic (exact) mass is 329 g/mol. The van der Waals surface area contributed by atoms with Gasteiger partial charge in [-0.2, -0.15) is 5.10 Å². The highest BCUT2D eigenvalue weighted by Crippen LogP contribution is 2.38. The Morgan fingerprint density at radius 3 is 2.75 bits per heavy atom. The SMILES string of the molecule is Cc1c(C(=O)N2CCCC2)oc2c1-c1nn(CC(=O)O)cc1CC2. The van der Waals surface area contributed by atoms with Gasteiger partial charge in [-0.25, -0.2) is 0 Å². The molecule has 1 saturated heterocycles. The number of carbonyl (C=O) groups is 2. The molecule has 0 atom stereocenters. The van der Waals surface area contributed by atoms with Crippen LogP contribution in [0.2, 0.25) is 0 Å². The average molecular weight is 329 g/mol. The Balaban J connectivity index is 1.73. The molecule has 7 nitrogen and oxygen atoms in total. The molecule has 1 aliphatic carbocycles. The summed E-state index contributed by atoms with van der Waals surface area (Å²) in [5, 5.41) is 13.4. The topological polar surface area (TPSA) is 88.6 Å². The van der Waals surface area contributed by atoms with Crippen LogP contribution in [0.4, 0.5) is 0 Å². The van der Waals surface area contributed by atoms with E-state index in [9.17, 15) is 9.59 Å². The lowest BCUT2D eigenvalue weighted by atomic mass is 9.93. The van der Waals surface area contributed by atoms with E-state index in [1.165, 1.54) is 4.68 Å². The zero-order valence-electron chi connectivity index (χ0n) is 13.5. The quantitative estimate of drug-likeness (QED) is 0.928. The maximum Gasteiger partial charge on any atom is 0.325 e. The third-order valence-electron chi connectivity index (χ3n) is 4.80. The highest BCUT2D eigenvalue weighted by molar-refractivity contribution is 5.95. The lowest BCUT2D eigenvalue weighted by Crippen LogP contribution is -2.27.